The Hall–Kier alpha value is -4.08. The summed E-state index contributed by atoms with van der Waals surface area (Å²) in [6, 6.07) is 11.1. The topological polar surface area (TPSA) is 142 Å². The number of rotatable bonds is 7. The number of methoxy groups -OCH3 is 1. The average Bonchev–Trinajstić information content (AvgIpc) is 3.20. The summed E-state index contributed by atoms with van der Waals surface area (Å²) >= 11 is 0. The molecule has 10 heteroatoms. The maximum atomic E-state index is 11.2. The van der Waals surface area contributed by atoms with Crippen molar-refractivity contribution in [1.29, 1.82) is 0 Å². The average molecular weight is 433 g/mol. The number of anilines is 1. The van der Waals surface area contributed by atoms with Crippen LogP contribution in [0.4, 0.5) is 5.95 Å². The van der Waals surface area contributed by atoms with Crippen LogP contribution in [0, 0.1) is 0 Å². The zero-order valence-corrected chi connectivity index (χ0v) is 18.0. The Morgan fingerprint density at radius 2 is 1.94 bits per heavy atom. The van der Waals surface area contributed by atoms with Crippen LogP contribution in [0.2, 0.25) is 0 Å². The van der Waals surface area contributed by atoms with Gasteiger partial charge in [-0.25, -0.2) is 14.6 Å². The normalized spacial score (nSPS) is 11.6. The van der Waals surface area contributed by atoms with Gasteiger partial charge in [-0.05, 0) is 18.2 Å². The van der Waals surface area contributed by atoms with Gasteiger partial charge in [0.2, 0.25) is 5.95 Å². The standard InChI is InChI=1S/C22H23N7O3/c1-22(2,10-18(30)31)17-9-4-6-13(24-17)11-29-12-15(27-28-29)19-14-7-5-8-16(32-3)20(14)26-21(23)25-19/h4-9,12H,10-11H2,1-3H3,(H,30,31)(H2,23,25,26). The van der Waals surface area contributed by atoms with Crippen LogP contribution in [0.1, 0.15) is 31.7 Å². The lowest BCUT2D eigenvalue weighted by Gasteiger charge is -2.22. The zero-order chi connectivity index (χ0) is 22.9. The number of aromatic nitrogens is 6. The predicted octanol–water partition coefficient (Wildman–Crippen LogP) is 2.67. The molecule has 0 amide bonds. The molecule has 164 valence electrons. The van der Waals surface area contributed by atoms with Crippen LogP contribution in [0.25, 0.3) is 22.3 Å². The van der Waals surface area contributed by atoms with Gasteiger partial charge < -0.3 is 15.6 Å². The van der Waals surface area contributed by atoms with E-state index in [1.807, 2.05) is 44.2 Å². The Labute approximate surface area is 184 Å². The van der Waals surface area contributed by atoms with Crippen molar-refractivity contribution < 1.29 is 14.6 Å². The van der Waals surface area contributed by atoms with Crippen molar-refractivity contribution in [3.8, 4) is 17.1 Å². The van der Waals surface area contributed by atoms with Gasteiger partial charge in [0.1, 0.15) is 22.7 Å². The molecule has 0 fully saturated rings. The third-order valence-electron chi connectivity index (χ3n) is 5.13. The summed E-state index contributed by atoms with van der Waals surface area (Å²) in [6.45, 7) is 4.09. The molecule has 0 saturated heterocycles. The van der Waals surface area contributed by atoms with Crippen molar-refractivity contribution >= 4 is 22.8 Å². The molecule has 4 rings (SSSR count). The summed E-state index contributed by atoms with van der Waals surface area (Å²) in [5.74, 6) is -0.159. The van der Waals surface area contributed by atoms with Gasteiger partial charge in [0, 0.05) is 16.5 Å². The van der Waals surface area contributed by atoms with E-state index in [0.717, 1.165) is 11.1 Å². The van der Waals surface area contributed by atoms with Gasteiger partial charge in [-0.2, -0.15) is 0 Å². The van der Waals surface area contributed by atoms with Crippen LogP contribution in [0.3, 0.4) is 0 Å². The molecular weight excluding hydrogens is 410 g/mol. The quantitative estimate of drug-likeness (QED) is 0.450. The highest BCUT2D eigenvalue weighted by Crippen LogP contribution is 2.31. The minimum Gasteiger partial charge on any atom is -0.494 e. The third kappa shape index (κ3) is 4.20. The number of carboxylic acids is 1. The molecule has 0 aliphatic carbocycles. The number of nitrogen functional groups attached to an aromatic ring is 1. The molecule has 3 N–H and O–H groups in total. The minimum absolute atomic E-state index is 0.0113. The lowest BCUT2D eigenvalue weighted by Crippen LogP contribution is -2.23. The highest BCUT2D eigenvalue weighted by Gasteiger charge is 2.26. The molecule has 0 radical (unpaired) electrons. The van der Waals surface area contributed by atoms with E-state index in [1.165, 1.54) is 0 Å². The van der Waals surface area contributed by atoms with Crippen LogP contribution < -0.4 is 10.5 Å². The van der Waals surface area contributed by atoms with Crippen molar-refractivity contribution in [3.05, 3.63) is 54.0 Å². The number of benzene rings is 1. The number of carboxylic acid groups (broad SMARTS) is 1. The Kier molecular flexibility index (Phi) is 5.43. The van der Waals surface area contributed by atoms with E-state index in [0.29, 0.717) is 34.9 Å². The lowest BCUT2D eigenvalue weighted by atomic mass is 9.85. The summed E-state index contributed by atoms with van der Waals surface area (Å²) in [5, 5.41) is 18.4. The first-order chi connectivity index (χ1) is 15.3. The van der Waals surface area contributed by atoms with Crippen LogP contribution in [0.15, 0.2) is 42.6 Å². The summed E-state index contributed by atoms with van der Waals surface area (Å²) in [7, 11) is 1.57. The smallest absolute Gasteiger partial charge is 0.304 e. The van der Waals surface area contributed by atoms with Gasteiger partial charge in [0.15, 0.2) is 0 Å². The second kappa shape index (κ2) is 8.22. The third-order valence-corrected chi connectivity index (χ3v) is 5.13. The Morgan fingerprint density at radius 3 is 2.69 bits per heavy atom. The van der Waals surface area contributed by atoms with Gasteiger partial charge in [-0.3, -0.25) is 9.78 Å². The molecule has 3 heterocycles. The molecule has 1 aromatic carbocycles. The SMILES string of the molecule is COc1cccc2c(-c3cn(Cc4cccc(C(C)(C)CC(=O)O)n4)nn3)nc(N)nc12. The Balaban J connectivity index is 1.65. The molecule has 0 aliphatic heterocycles. The van der Waals surface area contributed by atoms with Crippen molar-refractivity contribution in [2.75, 3.05) is 12.8 Å². The molecule has 10 nitrogen and oxygen atoms in total. The highest BCUT2D eigenvalue weighted by atomic mass is 16.5. The summed E-state index contributed by atoms with van der Waals surface area (Å²) in [6.07, 6.45) is 1.75. The molecule has 0 atom stereocenters. The van der Waals surface area contributed by atoms with E-state index < -0.39 is 11.4 Å². The van der Waals surface area contributed by atoms with Crippen molar-refractivity contribution in [2.24, 2.45) is 0 Å². The summed E-state index contributed by atoms with van der Waals surface area (Å²) in [4.78, 5) is 24.5. The fourth-order valence-electron chi connectivity index (χ4n) is 3.57. The van der Waals surface area contributed by atoms with Crippen LogP contribution in [-0.4, -0.2) is 48.1 Å². The number of pyridine rings is 1. The molecule has 0 aliphatic rings. The second-order valence-corrected chi connectivity index (χ2v) is 8.06. The Morgan fingerprint density at radius 1 is 1.16 bits per heavy atom. The molecule has 0 spiro atoms. The molecular formula is C22H23N7O3. The molecule has 0 saturated carbocycles. The van der Waals surface area contributed by atoms with E-state index in [9.17, 15) is 9.90 Å². The second-order valence-electron chi connectivity index (χ2n) is 8.06. The maximum Gasteiger partial charge on any atom is 0.304 e. The number of aliphatic carboxylic acids is 1. The first-order valence-electron chi connectivity index (χ1n) is 9.96. The first-order valence-corrected chi connectivity index (χ1v) is 9.96. The molecule has 4 aromatic rings. The maximum absolute atomic E-state index is 11.2. The van der Waals surface area contributed by atoms with E-state index in [-0.39, 0.29) is 12.4 Å². The fourth-order valence-corrected chi connectivity index (χ4v) is 3.57. The Bertz CT molecular complexity index is 1300. The van der Waals surface area contributed by atoms with Crippen LogP contribution in [0.5, 0.6) is 5.75 Å². The van der Waals surface area contributed by atoms with Gasteiger partial charge >= 0.3 is 5.97 Å². The van der Waals surface area contributed by atoms with Crippen LogP contribution >= 0.6 is 0 Å². The predicted molar refractivity (Wildman–Crippen MR) is 118 cm³/mol. The molecule has 32 heavy (non-hydrogen) atoms. The van der Waals surface area contributed by atoms with Crippen molar-refractivity contribution in [2.45, 2.75) is 32.2 Å². The number of nitrogens with zero attached hydrogens (tertiary/aromatic N) is 6. The number of fused-ring (bicyclic) bond motifs is 1. The summed E-state index contributed by atoms with van der Waals surface area (Å²) < 4.78 is 7.04. The number of hydrogen-bond acceptors (Lipinski definition) is 8. The van der Waals surface area contributed by atoms with Crippen LogP contribution in [-0.2, 0) is 16.8 Å². The van der Waals surface area contributed by atoms with Gasteiger partial charge in [-0.1, -0.05) is 37.3 Å². The minimum atomic E-state index is -0.865. The van der Waals surface area contributed by atoms with E-state index >= 15 is 0 Å². The van der Waals surface area contributed by atoms with E-state index in [1.54, 1.807) is 24.1 Å². The first kappa shape index (κ1) is 21.2. The fraction of sp³-hybridized carbons (Fsp3) is 0.273. The summed E-state index contributed by atoms with van der Waals surface area (Å²) in [5.41, 5.74) is 8.48. The number of para-hydroxylation sites is 1. The number of carbonyl (C=O) groups is 1. The number of nitrogens with two attached hydrogens (primary N) is 1. The number of hydrogen-bond donors (Lipinski definition) is 2. The largest absolute Gasteiger partial charge is 0.494 e. The van der Waals surface area contributed by atoms with Gasteiger partial charge in [0.25, 0.3) is 0 Å². The molecule has 0 unspecified atom stereocenters. The lowest BCUT2D eigenvalue weighted by molar-refractivity contribution is -0.138. The van der Waals surface area contributed by atoms with Gasteiger partial charge in [0.05, 0.1) is 32.0 Å². The molecule has 3 aromatic heterocycles. The van der Waals surface area contributed by atoms with Crippen molar-refractivity contribution in [3.63, 3.8) is 0 Å². The monoisotopic (exact) mass is 433 g/mol. The van der Waals surface area contributed by atoms with E-state index in [4.69, 9.17) is 10.5 Å². The molecule has 0 bridgehead atoms. The highest BCUT2D eigenvalue weighted by molar-refractivity contribution is 5.95. The van der Waals surface area contributed by atoms with Gasteiger partial charge in [-0.15, -0.1) is 5.10 Å². The zero-order valence-electron chi connectivity index (χ0n) is 18.0. The van der Waals surface area contributed by atoms with Crippen molar-refractivity contribution in [1.82, 2.24) is 29.9 Å². The number of ether oxygens (including phenoxy) is 1. The van der Waals surface area contributed by atoms with E-state index in [2.05, 4.69) is 25.3 Å².